The van der Waals surface area contributed by atoms with Gasteiger partial charge in [-0.1, -0.05) is 11.6 Å². The number of nitrogens with one attached hydrogen (secondary N) is 1. The second-order valence-electron chi connectivity index (χ2n) is 8.58. The van der Waals surface area contributed by atoms with Gasteiger partial charge in [0.05, 0.1) is 19.8 Å². The van der Waals surface area contributed by atoms with Crippen LogP contribution < -0.4 is 11.2 Å². The van der Waals surface area contributed by atoms with E-state index in [1.54, 1.807) is 7.05 Å². The molecule has 1 aromatic carbocycles. The largest absolute Gasteiger partial charge is 0.379 e. The minimum Gasteiger partial charge on any atom is -0.379 e. The van der Waals surface area contributed by atoms with E-state index >= 15 is 0 Å². The molecule has 3 aromatic heterocycles. The summed E-state index contributed by atoms with van der Waals surface area (Å²) in [6.45, 7) is 6.36. The molecule has 1 fully saturated rings. The van der Waals surface area contributed by atoms with Crippen LogP contribution in [0.15, 0.2) is 33.9 Å². The van der Waals surface area contributed by atoms with Crippen molar-refractivity contribution in [1.29, 1.82) is 0 Å². The van der Waals surface area contributed by atoms with Gasteiger partial charge in [-0.2, -0.15) is 0 Å². The first-order valence-electron chi connectivity index (χ1n) is 11.0. The Morgan fingerprint density at radius 1 is 1.09 bits per heavy atom. The van der Waals surface area contributed by atoms with Crippen molar-refractivity contribution in [2.75, 3.05) is 32.8 Å². The number of aromatic amines is 1. The number of morpholine rings is 1. The van der Waals surface area contributed by atoms with Crippen LogP contribution in [0, 0.1) is 6.92 Å². The van der Waals surface area contributed by atoms with Gasteiger partial charge in [-0.25, -0.2) is 9.78 Å². The van der Waals surface area contributed by atoms with Gasteiger partial charge in [0, 0.05) is 51.4 Å². The molecule has 168 valence electrons. The molecule has 9 heteroatoms. The highest BCUT2D eigenvalue weighted by atomic mass is 16.5. The van der Waals surface area contributed by atoms with E-state index in [-0.39, 0.29) is 17.8 Å². The topological polar surface area (TPSA) is 90.1 Å². The fourth-order valence-electron chi connectivity index (χ4n) is 4.50. The summed E-state index contributed by atoms with van der Waals surface area (Å²) in [6.07, 6.45) is 0.709. The molecule has 1 N–H and O–H groups in total. The molecule has 9 nitrogen and oxygen atoms in total. The van der Waals surface area contributed by atoms with E-state index in [9.17, 15) is 9.59 Å². The van der Waals surface area contributed by atoms with E-state index in [0.29, 0.717) is 17.6 Å². The van der Waals surface area contributed by atoms with Crippen LogP contribution in [0.5, 0.6) is 0 Å². The summed E-state index contributed by atoms with van der Waals surface area (Å²) in [4.78, 5) is 36.7. The van der Waals surface area contributed by atoms with E-state index in [1.807, 2.05) is 36.7 Å². The quantitative estimate of drug-likeness (QED) is 0.507. The molecule has 0 amide bonds. The number of benzene rings is 1. The normalized spacial score (nSPS) is 15.2. The Hall–Kier alpha value is -3.17. The molecule has 32 heavy (non-hydrogen) atoms. The second-order valence-corrected chi connectivity index (χ2v) is 8.58. The lowest BCUT2D eigenvalue weighted by Gasteiger charge is -2.26. The first kappa shape index (κ1) is 20.7. The van der Waals surface area contributed by atoms with Crippen molar-refractivity contribution in [3.05, 3.63) is 62.2 Å². The van der Waals surface area contributed by atoms with E-state index in [0.717, 1.165) is 60.8 Å². The zero-order chi connectivity index (χ0) is 22.4. The third-order valence-corrected chi connectivity index (χ3v) is 6.37. The number of aromatic nitrogens is 5. The smallest absolute Gasteiger partial charge is 0.332 e. The van der Waals surface area contributed by atoms with Crippen LogP contribution >= 0.6 is 0 Å². The van der Waals surface area contributed by atoms with E-state index in [2.05, 4.69) is 20.9 Å². The molecule has 0 saturated carbocycles. The molecular formula is C23H28N6O3. The van der Waals surface area contributed by atoms with Crippen LogP contribution in [0.4, 0.5) is 0 Å². The van der Waals surface area contributed by atoms with Crippen molar-refractivity contribution in [2.45, 2.75) is 19.9 Å². The average Bonchev–Trinajstić information content (AvgIpc) is 3.34. The van der Waals surface area contributed by atoms with Crippen LogP contribution in [-0.4, -0.2) is 61.4 Å². The first-order valence-corrected chi connectivity index (χ1v) is 11.0. The molecule has 0 atom stereocenters. The van der Waals surface area contributed by atoms with Gasteiger partial charge < -0.3 is 14.3 Å². The van der Waals surface area contributed by atoms with Crippen molar-refractivity contribution in [1.82, 2.24) is 28.6 Å². The Kier molecular flexibility index (Phi) is 5.22. The van der Waals surface area contributed by atoms with Gasteiger partial charge in [0.2, 0.25) is 0 Å². The Morgan fingerprint density at radius 2 is 1.88 bits per heavy atom. The highest BCUT2D eigenvalue weighted by Gasteiger charge is 2.20. The van der Waals surface area contributed by atoms with Gasteiger partial charge >= 0.3 is 5.69 Å². The van der Waals surface area contributed by atoms with Gasteiger partial charge in [-0.05, 0) is 30.5 Å². The standard InChI is InChI=1S/C23H28N6O3/c1-15-4-5-18-16(12-15)13-17(24-18)14-29-22(30)20-21(27(3)23(29)31)25-19(26(20)2)6-7-28-8-10-32-11-9-28/h4-5,12-13,24H,6-11,14H2,1-3H3. The molecule has 1 saturated heterocycles. The molecule has 4 heterocycles. The fourth-order valence-corrected chi connectivity index (χ4v) is 4.50. The van der Waals surface area contributed by atoms with Crippen molar-refractivity contribution in [3.63, 3.8) is 0 Å². The summed E-state index contributed by atoms with van der Waals surface area (Å²) >= 11 is 0. The molecule has 5 rings (SSSR count). The molecule has 0 aliphatic carbocycles. The van der Waals surface area contributed by atoms with Gasteiger partial charge in [0.15, 0.2) is 11.2 Å². The zero-order valence-electron chi connectivity index (χ0n) is 18.7. The van der Waals surface area contributed by atoms with Gasteiger partial charge in [0.1, 0.15) is 5.82 Å². The highest BCUT2D eigenvalue weighted by Crippen LogP contribution is 2.17. The summed E-state index contributed by atoms with van der Waals surface area (Å²) in [7, 11) is 3.53. The summed E-state index contributed by atoms with van der Waals surface area (Å²) in [5, 5.41) is 1.07. The van der Waals surface area contributed by atoms with Crippen LogP contribution in [-0.2, 0) is 31.8 Å². The van der Waals surface area contributed by atoms with E-state index in [4.69, 9.17) is 4.74 Å². The Morgan fingerprint density at radius 3 is 2.66 bits per heavy atom. The van der Waals surface area contributed by atoms with Gasteiger partial charge in [-0.15, -0.1) is 0 Å². The molecule has 1 aliphatic rings. The van der Waals surface area contributed by atoms with E-state index in [1.165, 1.54) is 9.13 Å². The predicted octanol–water partition coefficient (Wildman–Crippen LogP) is 1.15. The second kappa shape index (κ2) is 8.07. The lowest BCUT2D eigenvalue weighted by molar-refractivity contribution is 0.0381. The minimum atomic E-state index is -0.366. The van der Waals surface area contributed by atoms with Crippen molar-refractivity contribution >= 4 is 22.1 Å². The number of rotatable bonds is 5. The van der Waals surface area contributed by atoms with Crippen molar-refractivity contribution in [2.24, 2.45) is 14.1 Å². The number of ether oxygens (including phenoxy) is 1. The van der Waals surface area contributed by atoms with Crippen LogP contribution in [0.1, 0.15) is 17.1 Å². The lowest BCUT2D eigenvalue weighted by Crippen LogP contribution is -2.40. The molecule has 0 bridgehead atoms. The summed E-state index contributed by atoms with van der Waals surface area (Å²) in [5.74, 6) is 0.803. The summed E-state index contributed by atoms with van der Waals surface area (Å²) in [5.41, 5.74) is 3.18. The first-order chi connectivity index (χ1) is 15.4. The summed E-state index contributed by atoms with van der Waals surface area (Å²) in [6, 6.07) is 8.13. The maximum atomic E-state index is 13.4. The monoisotopic (exact) mass is 436 g/mol. The van der Waals surface area contributed by atoms with Crippen LogP contribution in [0.2, 0.25) is 0 Å². The van der Waals surface area contributed by atoms with Crippen LogP contribution in [0.25, 0.3) is 22.1 Å². The van der Waals surface area contributed by atoms with Gasteiger partial charge in [0.25, 0.3) is 5.56 Å². The number of H-pyrrole nitrogens is 1. The molecular weight excluding hydrogens is 408 g/mol. The molecule has 4 aromatic rings. The molecule has 0 spiro atoms. The minimum absolute atomic E-state index is 0.184. The molecule has 0 radical (unpaired) electrons. The predicted molar refractivity (Wildman–Crippen MR) is 123 cm³/mol. The lowest BCUT2D eigenvalue weighted by atomic mass is 10.2. The number of hydrogen-bond donors (Lipinski definition) is 1. The SMILES string of the molecule is Cc1ccc2[nH]c(Cn3c(=O)c4c(nc(CCN5CCOCC5)n4C)n(C)c3=O)cc2c1. The number of fused-ring (bicyclic) bond motifs is 2. The number of aryl methyl sites for hydroxylation is 3. The number of hydrogen-bond acceptors (Lipinski definition) is 5. The summed E-state index contributed by atoms with van der Waals surface area (Å²) < 4.78 is 10.0. The number of imidazole rings is 1. The molecule has 0 unspecified atom stereocenters. The number of nitrogens with zero attached hydrogens (tertiary/aromatic N) is 5. The Bertz CT molecular complexity index is 1420. The van der Waals surface area contributed by atoms with Crippen molar-refractivity contribution in [3.8, 4) is 0 Å². The average molecular weight is 437 g/mol. The fraction of sp³-hybridized carbons (Fsp3) is 0.435. The maximum Gasteiger partial charge on any atom is 0.332 e. The van der Waals surface area contributed by atoms with E-state index < -0.39 is 0 Å². The maximum absolute atomic E-state index is 13.4. The van der Waals surface area contributed by atoms with Crippen molar-refractivity contribution < 1.29 is 4.74 Å². The highest BCUT2D eigenvalue weighted by molar-refractivity contribution is 5.81. The van der Waals surface area contributed by atoms with Crippen LogP contribution in [0.3, 0.4) is 0 Å². The Labute approximate surface area is 184 Å². The molecule has 1 aliphatic heterocycles. The Balaban J connectivity index is 1.51. The third-order valence-electron chi connectivity index (χ3n) is 6.37. The third kappa shape index (κ3) is 3.57. The van der Waals surface area contributed by atoms with Gasteiger partial charge in [-0.3, -0.25) is 18.8 Å². The zero-order valence-corrected chi connectivity index (χ0v) is 18.7.